The lowest BCUT2D eigenvalue weighted by atomic mass is 10.2. The number of aromatic nitrogens is 2. The fourth-order valence-corrected chi connectivity index (χ4v) is 1.82. The molecule has 0 aliphatic carbocycles. The molecule has 0 aliphatic rings. The van der Waals surface area contributed by atoms with E-state index < -0.39 is 0 Å². The Morgan fingerprint density at radius 3 is 2.39 bits per heavy atom. The summed E-state index contributed by atoms with van der Waals surface area (Å²) in [4.78, 5) is 20.2. The third kappa shape index (κ3) is 4.51. The van der Waals surface area contributed by atoms with E-state index in [-0.39, 0.29) is 28.7 Å². The van der Waals surface area contributed by atoms with Crippen molar-refractivity contribution < 1.29 is 14.3 Å². The maximum absolute atomic E-state index is 12.2. The molecule has 9 heteroatoms. The van der Waals surface area contributed by atoms with Gasteiger partial charge in [-0.05, 0) is 36.5 Å². The Balaban J connectivity index is 2.13. The molecule has 0 saturated carbocycles. The molecule has 0 saturated heterocycles. The normalized spacial score (nSPS) is 9.83. The number of anilines is 2. The number of thiocarbonyl (C=S) groups is 1. The molecule has 8 nitrogen and oxygen atoms in total. The van der Waals surface area contributed by atoms with E-state index >= 15 is 0 Å². The van der Waals surface area contributed by atoms with E-state index in [4.69, 9.17) is 27.4 Å². The Morgan fingerprint density at radius 1 is 1.13 bits per heavy atom. The molecule has 0 radical (unpaired) electrons. The summed E-state index contributed by atoms with van der Waals surface area (Å²) < 4.78 is 9.97. The van der Waals surface area contributed by atoms with Gasteiger partial charge < -0.3 is 25.8 Å². The number of amides is 1. The summed E-state index contributed by atoms with van der Waals surface area (Å²) in [6.45, 7) is 0. The zero-order valence-electron chi connectivity index (χ0n) is 12.5. The second-order valence-corrected chi connectivity index (χ2v) is 4.74. The zero-order chi connectivity index (χ0) is 16.8. The fraction of sp³-hybridized carbons (Fsp3) is 0.143. The molecule has 0 spiro atoms. The van der Waals surface area contributed by atoms with Crippen LogP contribution in [-0.2, 0) is 0 Å². The van der Waals surface area contributed by atoms with Gasteiger partial charge in [0.2, 0.25) is 5.88 Å². The number of hydrogen-bond acceptors (Lipinski definition) is 6. The number of benzene rings is 1. The SMILES string of the molecule is COc1cc(NC(=O)c2ccc(NC(N)=S)cc2)nc(OC)n1. The number of nitrogens with one attached hydrogen (secondary N) is 2. The highest BCUT2D eigenvalue weighted by atomic mass is 32.1. The van der Waals surface area contributed by atoms with Gasteiger partial charge in [0.1, 0.15) is 5.82 Å². The monoisotopic (exact) mass is 333 g/mol. The van der Waals surface area contributed by atoms with Crippen LogP contribution in [0.5, 0.6) is 11.9 Å². The van der Waals surface area contributed by atoms with Crippen LogP contribution in [0.3, 0.4) is 0 Å². The second-order valence-electron chi connectivity index (χ2n) is 4.30. The van der Waals surface area contributed by atoms with Crippen molar-refractivity contribution in [1.29, 1.82) is 0 Å². The summed E-state index contributed by atoms with van der Waals surface area (Å²) in [6.07, 6.45) is 0. The van der Waals surface area contributed by atoms with E-state index in [2.05, 4.69) is 20.6 Å². The Bertz CT molecular complexity index is 699. The molecule has 0 unspecified atom stereocenters. The summed E-state index contributed by atoms with van der Waals surface area (Å²) in [6, 6.07) is 8.22. The number of methoxy groups -OCH3 is 2. The number of ether oxygens (including phenoxy) is 2. The lowest BCUT2D eigenvalue weighted by Crippen LogP contribution is -2.19. The first-order chi connectivity index (χ1) is 11.0. The van der Waals surface area contributed by atoms with Gasteiger partial charge in [0, 0.05) is 17.3 Å². The van der Waals surface area contributed by atoms with Crippen LogP contribution in [-0.4, -0.2) is 35.2 Å². The van der Waals surface area contributed by atoms with Crippen molar-refractivity contribution in [2.24, 2.45) is 5.73 Å². The van der Waals surface area contributed by atoms with E-state index in [0.717, 1.165) is 0 Å². The first-order valence-corrected chi connectivity index (χ1v) is 6.87. The first kappa shape index (κ1) is 16.4. The third-order valence-corrected chi connectivity index (χ3v) is 2.83. The molecule has 1 heterocycles. The summed E-state index contributed by atoms with van der Waals surface area (Å²) in [7, 11) is 2.88. The predicted octanol–water partition coefficient (Wildman–Crippen LogP) is 1.40. The first-order valence-electron chi connectivity index (χ1n) is 6.46. The van der Waals surface area contributed by atoms with Crippen LogP contribution in [0.4, 0.5) is 11.5 Å². The summed E-state index contributed by atoms with van der Waals surface area (Å²) >= 11 is 4.75. The highest BCUT2D eigenvalue weighted by molar-refractivity contribution is 7.80. The molecular formula is C14H15N5O3S. The van der Waals surface area contributed by atoms with Crippen LogP contribution in [0.2, 0.25) is 0 Å². The van der Waals surface area contributed by atoms with Crippen LogP contribution in [0, 0.1) is 0 Å². The van der Waals surface area contributed by atoms with Crippen molar-refractivity contribution in [2.45, 2.75) is 0 Å². The third-order valence-electron chi connectivity index (χ3n) is 2.73. The van der Waals surface area contributed by atoms with Crippen molar-refractivity contribution in [2.75, 3.05) is 24.9 Å². The van der Waals surface area contributed by atoms with Gasteiger partial charge in [0.25, 0.3) is 5.91 Å². The van der Waals surface area contributed by atoms with E-state index in [1.54, 1.807) is 24.3 Å². The number of rotatable bonds is 5. The minimum Gasteiger partial charge on any atom is -0.481 e. The van der Waals surface area contributed by atoms with E-state index in [9.17, 15) is 4.79 Å². The quantitative estimate of drug-likeness (QED) is 0.704. The van der Waals surface area contributed by atoms with Gasteiger partial charge in [-0.15, -0.1) is 0 Å². The Labute approximate surface area is 138 Å². The number of nitrogens with two attached hydrogens (primary N) is 1. The summed E-state index contributed by atoms with van der Waals surface area (Å²) in [5, 5.41) is 5.58. The van der Waals surface area contributed by atoms with Crippen LogP contribution in [0.25, 0.3) is 0 Å². The van der Waals surface area contributed by atoms with Crippen LogP contribution >= 0.6 is 12.2 Å². The highest BCUT2D eigenvalue weighted by Gasteiger charge is 2.10. The van der Waals surface area contributed by atoms with Gasteiger partial charge in [-0.25, -0.2) is 0 Å². The molecule has 4 N–H and O–H groups in total. The molecule has 1 aromatic carbocycles. The van der Waals surface area contributed by atoms with Crippen molar-refractivity contribution in [3.05, 3.63) is 35.9 Å². The molecular weight excluding hydrogens is 318 g/mol. The minimum absolute atomic E-state index is 0.0932. The molecule has 2 aromatic rings. The Morgan fingerprint density at radius 2 is 1.83 bits per heavy atom. The van der Waals surface area contributed by atoms with Gasteiger partial charge in [-0.1, -0.05) is 0 Å². The lowest BCUT2D eigenvalue weighted by molar-refractivity contribution is 0.102. The van der Waals surface area contributed by atoms with Crippen LogP contribution in [0.15, 0.2) is 30.3 Å². The average molecular weight is 333 g/mol. The van der Waals surface area contributed by atoms with Crippen LogP contribution in [0.1, 0.15) is 10.4 Å². The second kappa shape index (κ2) is 7.36. The maximum Gasteiger partial charge on any atom is 0.321 e. The molecule has 0 aliphatic heterocycles. The molecule has 1 aromatic heterocycles. The Hall–Kier alpha value is -2.94. The number of nitrogens with zero attached hydrogens (tertiary/aromatic N) is 2. The predicted molar refractivity (Wildman–Crippen MR) is 89.9 cm³/mol. The van der Waals surface area contributed by atoms with Crippen LogP contribution < -0.4 is 25.8 Å². The van der Waals surface area contributed by atoms with E-state index in [1.807, 2.05) is 0 Å². The van der Waals surface area contributed by atoms with E-state index in [0.29, 0.717) is 11.3 Å². The molecule has 120 valence electrons. The molecule has 0 atom stereocenters. The fourth-order valence-electron chi connectivity index (χ4n) is 1.70. The molecule has 23 heavy (non-hydrogen) atoms. The minimum atomic E-state index is -0.338. The highest BCUT2D eigenvalue weighted by Crippen LogP contribution is 2.18. The molecule has 2 rings (SSSR count). The van der Waals surface area contributed by atoms with Crippen molar-refractivity contribution in [1.82, 2.24) is 9.97 Å². The molecule has 0 fully saturated rings. The Kier molecular flexibility index (Phi) is 5.26. The van der Waals surface area contributed by atoms with Gasteiger partial charge in [0.05, 0.1) is 14.2 Å². The van der Waals surface area contributed by atoms with Crippen molar-refractivity contribution in [3.8, 4) is 11.9 Å². The van der Waals surface area contributed by atoms with Gasteiger partial charge in [-0.3, -0.25) is 4.79 Å². The summed E-state index contributed by atoms with van der Waals surface area (Å²) in [5.41, 5.74) is 6.52. The number of hydrogen-bond donors (Lipinski definition) is 3. The van der Waals surface area contributed by atoms with Gasteiger partial charge >= 0.3 is 6.01 Å². The van der Waals surface area contributed by atoms with Gasteiger partial charge in [-0.2, -0.15) is 9.97 Å². The topological polar surface area (TPSA) is 111 Å². The molecule has 1 amide bonds. The summed E-state index contributed by atoms with van der Waals surface area (Å²) in [5.74, 6) is 0.210. The van der Waals surface area contributed by atoms with Crippen molar-refractivity contribution in [3.63, 3.8) is 0 Å². The van der Waals surface area contributed by atoms with E-state index in [1.165, 1.54) is 20.3 Å². The number of carbonyl (C=O) groups is 1. The number of carbonyl (C=O) groups excluding carboxylic acids is 1. The lowest BCUT2D eigenvalue weighted by Gasteiger charge is -2.08. The standard InChI is InChI=1S/C14H15N5O3S/c1-21-11-7-10(18-14(19-11)22-2)17-12(20)8-3-5-9(6-4-8)16-13(15)23/h3-7H,1-2H3,(H3,15,16,23)(H,17,18,19,20). The van der Waals surface area contributed by atoms with Gasteiger partial charge in [0.15, 0.2) is 5.11 Å². The molecule has 0 bridgehead atoms. The smallest absolute Gasteiger partial charge is 0.321 e. The zero-order valence-corrected chi connectivity index (χ0v) is 13.3. The van der Waals surface area contributed by atoms with Crippen molar-refractivity contribution >= 4 is 34.7 Å². The maximum atomic E-state index is 12.2. The average Bonchev–Trinajstić information content (AvgIpc) is 2.54. The largest absolute Gasteiger partial charge is 0.481 e.